The van der Waals surface area contributed by atoms with Crippen LogP contribution in [0.5, 0.6) is 11.5 Å². The molecule has 1 heterocycles. The average molecular weight is 262 g/mol. The van der Waals surface area contributed by atoms with E-state index in [1.54, 1.807) is 6.08 Å². The SMILES string of the molecule is CCCOc1ccc2c(c1)OCC(/C=C/C(=O)O)C2. The van der Waals surface area contributed by atoms with Crippen LogP contribution in [0.4, 0.5) is 0 Å². The number of benzene rings is 1. The minimum Gasteiger partial charge on any atom is -0.493 e. The second-order valence-electron chi connectivity index (χ2n) is 4.59. The van der Waals surface area contributed by atoms with Crippen LogP contribution in [0.1, 0.15) is 18.9 Å². The highest BCUT2D eigenvalue weighted by atomic mass is 16.5. The van der Waals surface area contributed by atoms with Crippen LogP contribution in [-0.2, 0) is 11.2 Å². The van der Waals surface area contributed by atoms with E-state index in [0.29, 0.717) is 13.2 Å². The first-order valence-electron chi connectivity index (χ1n) is 6.48. The van der Waals surface area contributed by atoms with Crippen LogP contribution in [0.25, 0.3) is 0 Å². The van der Waals surface area contributed by atoms with Crippen LogP contribution in [0.2, 0.25) is 0 Å². The summed E-state index contributed by atoms with van der Waals surface area (Å²) in [6, 6.07) is 5.82. The fraction of sp³-hybridized carbons (Fsp3) is 0.400. The largest absolute Gasteiger partial charge is 0.493 e. The van der Waals surface area contributed by atoms with E-state index in [1.807, 2.05) is 18.2 Å². The van der Waals surface area contributed by atoms with Crippen LogP contribution >= 0.6 is 0 Å². The van der Waals surface area contributed by atoms with Gasteiger partial charge in [0.15, 0.2) is 0 Å². The first kappa shape index (κ1) is 13.5. The van der Waals surface area contributed by atoms with Gasteiger partial charge in [0.05, 0.1) is 13.2 Å². The number of hydrogen-bond donors (Lipinski definition) is 1. The van der Waals surface area contributed by atoms with Crippen LogP contribution < -0.4 is 9.47 Å². The number of fused-ring (bicyclic) bond motifs is 1. The lowest BCUT2D eigenvalue weighted by Gasteiger charge is -2.23. The molecule has 1 aromatic carbocycles. The van der Waals surface area contributed by atoms with E-state index in [4.69, 9.17) is 14.6 Å². The van der Waals surface area contributed by atoms with Crippen molar-refractivity contribution in [3.8, 4) is 11.5 Å². The van der Waals surface area contributed by atoms with Crippen LogP contribution in [0, 0.1) is 5.92 Å². The Morgan fingerprint density at radius 2 is 2.42 bits per heavy atom. The van der Waals surface area contributed by atoms with Crippen molar-refractivity contribution in [2.75, 3.05) is 13.2 Å². The summed E-state index contributed by atoms with van der Waals surface area (Å²) in [4.78, 5) is 10.5. The molecule has 0 saturated carbocycles. The lowest BCUT2D eigenvalue weighted by atomic mass is 9.96. The summed E-state index contributed by atoms with van der Waals surface area (Å²) in [7, 11) is 0. The average Bonchev–Trinajstić information content (AvgIpc) is 2.42. The monoisotopic (exact) mass is 262 g/mol. The summed E-state index contributed by atoms with van der Waals surface area (Å²) in [5, 5.41) is 8.61. The Labute approximate surface area is 112 Å². The zero-order valence-corrected chi connectivity index (χ0v) is 11.0. The molecule has 19 heavy (non-hydrogen) atoms. The van der Waals surface area contributed by atoms with Gasteiger partial charge in [-0.05, 0) is 24.5 Å². The van der Waals surface area contributed by atoms with E-state index < -0.39 is 5.97 Å². The number of carboxylic acids is 1. The molecule has 1 N–H and O–H groups in total. The van der Waals surface area contributed by atoms with Crippen molar-refractivity contribution >= 4 is 5.97 Å². The Morgan fingerprint density at radius 3 is 3.16 bits per heavy atom. The molecule has 1 aliphatic heterocycles. The second kappa shape index (κ2) is 6.27. The first-order valence-corrected chi connectivity index (χ1v) is 6.48. The third kappa shape index (κ3) is 3.74. The molecule has 0 radical (unpaired) electrons. The van der Waals surface area contributed by atoms with Gasteiger partial charge in [-0.3, -0.25) is 0 Å². The molecule has 4 heteroatoms. The Kier molecular flexibility index (Phi) is 4.44. The Balaban J connectivity index is 2.03. The molecule has 4 nitrogen and oxygen atoms in total. The van der Waals surface area contributed by atoms with E-state index in [2.05, 4.69) is 6.92 Å². The van der Waals surface area contributed by atoms with Crippen molar-refractivity contribution in [3.63, 3.8) is 0 Å². The molecular weight excluding hydrogens is 244 g/mol. The van der Waals surface area contributed by atoms with Crippen LogP contribution in [0.3, 0.4) is 0 Å². The lowest BCUT2D eigenvalue weighted by molar-refractivity contribution is -0.131. The van der Waals surface area contributed by atoms with Gasteiger partial charge in [0, 0.05) is 18.1 Å². The number of ether oxygens (including phenoxy) is 2. The van der Waals surface area contributed by atoms with Crippen molar-refractivity contribution < 1.29 is 19.4 Å². The third-order valence-electron chi connectivity index (χ3n) is 2.96. The molecule has 0 spiro atoms. The van der Waals surface area contributed by atoms with Gasteiger partial charge in [-0.2, -0.15) is 0 Å². The summed E-state index contributed by atoms with van der Waals surface area (Å²) in [6.45, 7) is 3.27. The van der Waals surface area contributed by atoms with E-state index in [-0.39, 0.29) is 5.92 Å². The predicted molar refractivity (Wildman–Crippen MR) is 71.7 cm³/mol. The highest BCUT2D eigenvalue weighted by Crippen LogP contribution is 2.31. The van der Waals surface area contributed by atoms with Gasteiger partial charge in [-0.1, -0.05) is 19.1 Å². The Hall–Kier alpha value is -1.97. The van der Waals surface area contributed by atoms with Gasteiger partial charge >= 0.3 is 5.97 Å². The molecule has 1 atom stereocenters. The molecule has 0 amide bonds. The molecule has 102 valence electrons. The van der Waals surface area contributed by atoms with Gasteiger partial charge in [0.2, 0.25) is 0 Å². The van der Waals surface area contributed by atoms with Gasteiger partial charge in [-0.25, -0.2) is 4.79 Å². The predicted octanol–water partition coefficient (Wildman–Crippen LogP) is 2.67. The highest BCUT2D eigenvalue weighted by molar-refractivity contribution is 5.79. The zero-order valence-electron chi connectivity index (χ0n) is 11.0. The van der Waals surface area contributed by atoms with Crippen LogP contribution in [-0.4, -0.2) is 24.3 Å². The van der Waals surface area contributed by atoms with Crippen molar-refractivity contribution in [3.05, 3.63) is 35.9 Å². The topological polar surface area (TPSA) is 55.8 Å². The summed E-state index contributed by atoms with van der Waals surface area (Å²) < 4.78 is 11.2. The maximum atomic E-state index is 10.5. The molecule has 1 aliphatic rings. The molecule has 0 fully saturated rings. The van der Waals surface area contributed by atoms with Crippen molar-refractivity contribution in [2.45, 2.75) is 19.8 Å². The fourth-order valence-electron chi connectivity index (χ4n) is 2.03. The lowest BCUT2D eigenvalue weighted by Crippen LogP contribution is -2.19. The zero-order chi connectivity index (χ0) is 13.7. The molecule has 0 aromatic heterocycles. The van der Waals surface area contributed by atoms with Crippen LogP contribution in [0.15, 0.2) is 30.4 Å². The first-order chi connectivity index (χ1) is 9.19. The summed E-state index contributed by atoms with van der Waals surface area (Å²) in [5.74, 6) is 0.855. The van der Waals surface area contributed by atoms with E-state index in [1.165, 1.54) is 6.08 Å². The summed E-state index contributed by atoms with van der Waals surface area (Å²) in [5.41, 5.74) is 1.09. The van der Waals surface area contributed by atoms with Crippen molar-refractivity contribution in [2.24, 2.45) is 5.92 Å². The Bertz CT molecular complexity index is 479. The molecule has 0 aliphatic carbocycles. The van der Waals surface area contributed by atoms with E-state index >= 15 is 0 Å². The minimum atomic E-state index is -0.922. The molecule has 1 aromatic rings. The fourth-order valence-corrected chi connectivity index (χ4v) is 2.03. The molecule has 0 saturated heterocycles. The highest BCUT2D eigenvalue weighted by Gasteiger charge is 2.18. The second-order valence-corrected chi connectivity index (χ2v) is 4.59. The van der Waals surface area contributed by atoms with Crippen molar-refractivity contribution in [1.29, 1.82) is 0 Å². The van der Waals surface area contributed by atoms with Gasteiger partial charge < -0.3 is 14.6 Å². The third-order valence-corrected chi connectivity index (χ3v) is 2.96. The normalized spacial score (nSPS) is 17.8. The maximum Gasteiger partial charge on any atom is 0.327 e. The van der Waals surface area contributed by atoms with Gasteiger partial charge in [-0.15, -0.1) is 0 Å². The summed E-state index contributed by atoms with van der Waals surface area (Å²) in [6.07, 6.45) is 4.64. The van der Waals surface area contributed by atoms with E-state index in [0.717, 1.165) is 29.9 Å². The van der Waals surface area contributed by atoms with Gasteiger partial charge in [0.25, 0.3) is 0 Å². The number of hydrogen-bond acceptors (Lipinski definition) is 3. The molecule has 0 bridgehead atoms. The van der Waals surface area contributed by atoms with Gasteiger partial charge in [0.1, 0.15) is 11.5 Å². The number of carboxylic acid groups (broad SMARTS) is 1. The van der Waals surface area contributed by atoms with E-state index in [9.17, 15) is 4.79 Å². The standard InChI is InChI=1S/C15H18O4/c1-2-7-18-13-5-4-12-8-11(3-6-15(16)17)10-19-14(12)9-13/h3-6,9,11H,2,7-8,10H2,1H3,(H,16,17)/b6-3+. The number of rotatable bonds is 5. The number of carbonyl (C=O) groups is 1. The smallest absolute Gasteiger partial charge is 0.327 e. The molecule has 1 unspecified atom stereocenters. The minimum absolute atomic E-state index is 0.117. The summed E-state index contributed by atoms with van der Waals surface area (Å²) >= 11 is 0. The quantitative estimate of drug-likeness (QED) is 0.829. The Morgan fingerprint density at radius 1 is 1.58 bits per heavy atom. The maximum absolute atomic E-state index is 10.5. The molecule has 2 rings (SSSR count). The number of aliphatic carboxylic acids is 1. The molecular formula is C15H18O4. The van der Waals surface area contributed by atoms with Crippen molar-refractivity contribution in [1.82, 2.24) is 0 Å².